The van der Waals surface area contributed by atoms with Crippen LogP contribution >= 0.6 is 0 Å². The van der Waals surface area contributed by atoms with E-state index in [0.29, 0.717) is 5.92 Å². The van der Waals surface area contributed by atoms with Crippen molar-refractivity contribution in [2.24, 2.45) is 17.3 Å². The van der Waals surface area contributed by atoms with Gasteiger partial charge in [-0.05, 0) is 73.4 Å². The number of hydrogen-bond acceptors (Lipinski definition) is 0. The van der Waals surface area contributed by atoms with Crippen LogP contribution < -0.4 is 10.4 Å². The van der Waals surface area contributed by atoms with E-state index in [1.165, 1.54) is 64.0 Å². The van der Waals surface area contributed by atoms with E-state index in [9.17, 15) is 0 Å². The average Bonchev–Trinajstić information content (AvgIpc) is 3.57. The van der Waals surface area contributed by atoms with Gasteiger partial charge in [0.2, 0.25) is 0 Å². The van der Waals surface area contributed by atoms with Gasteiger partial charge >= 0.3 is 0 Å². The molecule has 0 bridgehead atoms. The summed E-state index contributed by atoms with van der Waals surface area (Å²) in [6.07, 6.45) is 12.6. The van der Waals surface area contributed by atoms with Crippen molar-refractivity contribution in [1.82, 2.24) is 0 Å². The van der Waals surface area contributed by atoms with Crippen molar-refractivity contribution >= 4 is 11.1 Å². The van der Waals surface area contributed by atoms with Crippen LogP contribution in [0.5, 0.6) is 0 Å². The Morgan fingerprint density at radius 1 is 0.590 bits per heavy atom. The van der Waals surface area contributed by atoms with Crippen LogP contribution in [0.25, 0.3) is 11.1 Å². The van der Waals surface area contributed by atoms with E-state index in [4.69, 9.17) is 0 Å². The summed E-state index contributed by atoms with van der Waals surface area (Å²) in [5, 5.41) is 2.90. The number of fused-ring (bicyclic) bond motifs is 2. The van der Waals surface area contributed by atoms with Crippen LogP contribution in [0.2, 0.25) is 0 Å². The third kappa shape index (κ3) is 4.28. The van der Waals surface area contributed by atoms with E-state index >= 15 is 0 Å². The second-order valence-electron chi connectivity index (χ2n) is 14.1. The Bertz CT molecular complexity index is 1500. The lowest BCUT2D eigenvalue weighted by Crippen LogP contribution is -2.42. The largest absolute Gasteiger partial charge is 0.0691 e. The Kier molecular flexibility index (Phi) is 6.37. The summed E-state index contributed by atoms with van der Waals surface area (Å²) in [5.41, 5.74) is 8.86. The SMILES string of the molecule is CC(C)(C)C1=CC2C(=c3ccc(C(C)(C)C)cc3=C2C(c2ccccc2)(c2ccccc2)C2CCCC2)C=C1. The molecule has 0 saturated heterocycles. The van der Waals surface area contributed by atoms with Gasteiger partial charge in [0.25, 0.3) is 0 Å². The fourth-order valence-corrected chi connectivity index (χ4v) is 7.64. The van der Waals surface area contributed by atoms with Crippen molar-refractivity contribution in [2.45, 2.75) is 78.1 Å². The highest BCUT2D eigenvalue weighted by molar-refractivity contribution is 5.87. The summed E-state index contributed by atoms with van der Waals surface area (Å²) < 4.78 is 0. The summed E-state index contributed by atoms with van der Waals surface area (Å²) in [4.78, 5) is 0. The van der Waals surface area contributed by atoms with Crippen LogP contribution in [-0.4, -0.2) is 0 Å². The first kappa shape index (κ1) is 26.1. The van der Waals surface area contributed by atoms with Crippen LogP contribution in [0.4, 0.5) is 0 Å². The molecule has 3 aliphatic rings. The predicted octanol–water partition coefficient (Wildman–Crippen LogP) is 8.63. The monoisotopic (exact) mass is 512 g/mol. The molecular weight excluding hydrogens is 468 g/mol. The Labute approximate surface area is 235 Å². The minimum atomic E-state index is -0.179. The van der Waals surface area contributed by atoms with E-state index in [1.807, 2.05) is 0 Å². The van der Waals surface area contributed by atoms with Gasteiger partial charge in [-0.15, -0.1) is 0 Å². The Hall–Kier alpha value is -3.12. The summed E-state index contributed by atoms with van der Waals surface area (Å²) in [6, 6.07) is 30.4. The standard InChI is InChI=1S/C39H44/c1-37(2,3)30-21-23-32-33-24-22-31(38(4,5)6)26-35(33)36(34(32)25-30)39(29-19-13-14-20-29,27-15-9-7-10-16-27)28-17-11-8-12-18-28/h7-12,15-18,21-26,29,34H,13-14,19-20H2,1-6H3. The van der Waals surface area contributed by atoms with Crippen molar-refractivity contribution < 1.29 is 0 Å². The molecule has 3 aromatic carbocycles. The summed E-state index contributed by atoms with van der Waals surface area (Å²) >= 11 is 0. The molecule has 39 heavy (non-hydrogen) atoms. The van der Waals surface area contributed by atoms with E-state index in [0.717, 1.165) is 0 Å². The second-order valence-corrected chi connectivity index (χ2v) is 14.1. The first-order valence-electron chi connectivity index (χ1n) is 15.0. The van der Waals surface area contributed by atoms with Gasteiger partial charge in [0.15, 0.2) is 0 Å². The lowest BCUT2D eigenvalue weighted by Gasteiger charge is -2.45. The molecule has 1 fully saturated rings. The summed E-state index contributed by atoms with van der Waals surface area (Å²) in [7, 11) is 0. The maximum Gasteiger partial charge on any atom is 0.0457 e. The lowest BCUT2D eigenvalue weighted by molar-refractivity contribution is 0.394. The molecule has 3 aromatic rings. The highest BCUT2D eigenvalue weighted by Crippen LogP contribution is 2.56. The average molecular weight is 513 g/mol. The van der Waals surface area contributed by atoms with Crippen molar-refractivity contribution in [3.63, 3.8) is 0 Å². The molecule has 0 nitrogen and oxygen atoms in total. The van der Waals surface area contributed by atoms with E-state index in [-0.39, 0.29) is 22.2 Å². The van der Waals surface area contributed by atoms with Crippen LogP contribution in [0.15, 0.2) is 103 Å². The van der Waals surface area contributed by atoms with Crippen LogP contribution in [-0.2, 0) is 10.8 Å². The zero-order valence-electron chi connectivity index (χ0n) is 24.7. The summed E-state index contributed by atoms with van der Waals surface area (Å²) in [5.74, 6) is 0.843. The molecule has 200 valence electrons. The third-order valence-corrected chi connectivity index (χ3v) is 9.64. The van der Waals surface area contributed by atoms with Gasteiger partial charge in [-0.1, -0.05) is 151 Å². The maximum atomic E-state index is 2.62. The molecule has 1 atom stereocenters. The zero-order chi connectivity index (χ0) is 27.4. The molecule has 1 saturated carbocycles. The van der Waals surface area contributed by atoms with Gasteiger partial charge in [0.05, 0.1) is 0 Å². The van der Waals surface area contributed by atoms with Gasteiger partial charge in [0.1, 0.15) is 0 Å². The molecular formula is C39H44. The van der Waals surface area contributed by atoms with Gasteiger partial charge in [-0.3, -0.25) is 0 Å². The lowest BCUT2D eigenvalue weighted by atomic mass is 9.57. The first-order chi connectivity index (χ1) is 18.6. The van der Waals surface area contributed by atoms with Crippen molar-refractivity contribution in [1.29, 1.82) is 0 Å². The number of benzene rings is 3. The number of hydrogen-bond donors (Lipinski definition) is 0. The van der Waals surface area contributed by atoms with Crippen LogP contribution in [0, 0.1) is 17.3 Å². The smallest absolute Gasteiger partial charge is 0.0457 e. The molecule has 0 aliphatic heterocycles. The molecule has 0 heteroatoms. The van der Waals surface area contributed by atoms with Crippen LogP contribution in [0.1, 0.15) is 83.9 Å². The molecule has 1 unspecified atom stereocenters. The van der Waals surface area contributed by atoms with Crippen molar-refractivity contribution in [3.8, 4) is 0 Å². The normalized spacial score (nSPS) is 19.7. The minimum absolute atomic E-state index is 0.0936. The van der Waals surface area contributed by atoms with E-state index < -0.39 is 0 Å². The Balaban J connectivity index is 1.80. The second kappa shape index (κ2) is 9.51. The maximum absolute atomic E-state index is 2.62. The Morgan fingerprint density at radius 3 is 1.72 bits per heavy atom. The fraction of sp³-hybridized carbons (Fsp3) is 0.385. The van der Waals surface area contributed by atoms with Gasteiger partial charge < -0.3 is 0 Å². The zero-order valence-corrected chi connectivity index (χ0v) is 24.7. The van der Waals surface area contributed by atoms with Crippen molar-refractivity contribution in [2.75, 3.05) is 0 Å². The van der Waals surface area contributed by atoms with E-state index in [1.54, 1.807) is 5.57 Å². The molecule has 6 rings (SSSR count). The molecule has 3 aliphatic carbocycles. The molecule has 0 heterocycles. The fourth-order valence-electron chi connectivity index (χ4n) is 7.64. The minimum Gasteiger partial charge on any atom is -0.0691 e. The van der Waals surface area contributed by atoms with E-state index in [2.05, 4.69) is 139 Å². The van der Waals surface area contributed by atoms with Gasteiger partial charge in [-0.25, -0.2) is 0 Å². The predicted molar refractivity (Wildman–Crippen MR) is 167 cm³/mol. The van der Waals surface area contributed by atoms with Crippen LogP contribution in [0.3, 0.4) is 0 Å². The quantitative estimate of drug-likeness (QED) is 0.328. The summed E-state index contributed by atoms with van der Waals surface area (Å²) in [6.45, 7) is 14.1. The number of rotatable bonds is 4. The molecule has 0 amide bonds. The highest BCUT2D eigenvalue weighted by Gasteiger charge is 2.50. The third-order valence-electron chi connectivity index (χ3n) is 9.64. The molecule has 0 radical (unpaired) electrons. The highest BCUT2D eigenvalue weighted by atomic mass is 14.5. The van der Waals surface area contributed by atoms with Gasteiger partial charge in [-0.2, -0.15) is 0 Å². The molecule has 0 aromatic heterocycles. The first-order valence-corrected chi connectivity index (χ1v) is 15.0. The topological polar surface area (TPSA) is 0 Å². The molecule has 0 spiro atoms. The van der Waals surface area contributed by atoms with Crippen molar-refractivity contribution in [3.05, 3.63) is 130 Å². The molecule has 0 N–H and O–H groups in total. The Morgan fingerprint density at radius 2 is 1.18 bits per heavy atom. The number of allylic oxidation sites excluding steroid dienone is 4. The van der Waals surface area contributed by atoms with Gasteiger partial charge in [0, 0.05) is 11.3 Å².